The third kappa shape index (κ3) is 6.35. The number of carbonyl (C=O) groups is 1. The zero-order valence-electron chi connectivity index (χ0n) is 15.5. The molecule has 2 atom stereocenters. The standard InChI is InChI=1S/C17H34O3Si/c1-13(11-12-14(18)19-8)15(16(2,3)4)20-21(9,10)17(5,6)7/h11-13,15H,1-10H3/b12-11+/t13-,15+/m0/s1. The maximum atomic E-state index is 11.3. The van der Waals surface area contributed by atoms with Crippen molar-refractivity contribution in [2.75, 3.05) is 7.11 Å². The zero-order chi connectivity index (χ0) is 17.1. The quantitative estimate of drug-likeness (QED) is 0.416. The van der Waals surface area contributed by atoms with E-state index in [4.69, 9.17) is 4.43 Å². The van der Waals surface area contributed by atoms with E-state index in [1.807, 2.05) is 6.08 Å². The van der Waals surface area contributed by atoms with Gasteiger partial charge in [-0.1, -0.05) is 54.5 Å². The van der Waals surface area contributed by atoms with Gasteiger partial charge in [-0.3, -0.25) is 0 Å². The van der Waals surface area contributed by atoms with Gasteiger partial charge in [-0.15, -0.1) is 0 Å². The first-order valence-corrected chi connectivity index (χ1v) is 10.6. The summed E-state index contributed by atoms with van der Waals surface area (Å²) >= 11 is 0. The Labute approximate surface area is 132 Å². The van der Waals surface area contributed by atoms with E-state index in [9.17, 15) is 4.79 Å². The van der Waals surface area contributed by atoms with Gasteiger partial charge in [-0.05, 0) is 23.5 Å². The Balaban J connectivity index is 5.25. The maximum Gasteiger partial charge on any atom is 0.330 e. The molecule has 0 fully saturated rings. The van der Waals surface area contributed by atoms with Crippen molar-refractivity contribution in [1.29, 1.82) is 0 Å². The summed E-state index contributed by atoms with van der Waals surface area (Å²) in [6, 6.07) is 0. The van der Waals surface area contributed by atoms with E-state index in [1.165, 1.54) is 13.2 Å². The lowest BCUT2D eigenvalue weighted by Gasteiger charge is -2.45. The van der Waals surface area contributed by atoms with Crippen molar-refractivity contribution in [3.8, 4) is 0 Å². The van der Waals surface area contributed by atoms with Crippen molar-refractivity contribution in [3.63, 3.8) is 0 Å². The molecule has 0 radical (unpaired) electrons. The van der Waals surface area contributed by atoms with Crippen LogP contribution in [0.3, 0.4) is 0 Å². The van der Waals surface area contributed by atoms with Crippen LogP contribution in [0, 0.1) is 11.3 Å². The summed E-state index contributed by atoms with van der Waals surface area (Å²) in [5.74, 6) is -0.167. The summed E-state index contributed by atoms with van der Waals surface area (Å²) in [5, 5.41) is 0.169. The number of ether oxygens (including phenoxy) is 1. The molecule has 0 saturated heterocycles. The molecule has 0 unspecified atom stereocenters. The van der Waals surface area contributed by atoms with Crippen LogP contribution in [-0.4, -0.2) is 27.5 Å². The molecular formula is C17H34O3Si. The summed E-state index contributed by atoms with van der Waals surface area (Å²) in [7, 11) is -0.462. The molecule has 0 rings (SSSR count). The van der Waals surface area contributed by atoms with Crippen molar-refractivity contribution in [3.05, 3.63) is 12.2 Å². The Morgan fingerprint density at radius 3 is 1.90 bits per heavy atom. The van der Waals surface area contributed by atoms with Crippen LogP contribution in [0.25, 0.3) is 0 Å². The second-order valence-corrected chi connectivity index (χ2v) is 13.2. The molecule has 0 aliphatic rings. The monoisotopic (exact) mass is 314 g/mol. The largest absolute Gasteiger partial charge is 0.466 e. The van der Waals surface area contributed by atoms with Crippen LogP contribution in [0.2, 0.25) is 18.1 Å². The molecule has 0 aromatic rings. The average molecular weight is 315 g/mol. The Hall–Kier alpha value is -0.613. The molecule has 0 aliphatic carbocycles. The summed E-state index contributed by atoms with van der Waals surface area (Å²) in [6.07, 6.45) is 3.46. The highest BCUT2D eigenvalue weighted by Crippen LogP contribution is 2.41. The van der Waals surface area contributed by atoms with E-state index in [0.29, 0.717) is 0 Å². The fourth-order valence-electron chi connectivity index (χ4n) is 1.97. The summed E-state index contributed by atoms with van der Waals surface area (Å²) < 4.78 is 11.3. The molecule has 0 aromatic heterocycles. The van der Waals surface area contributed by atoms with E-state index in [1.54, 1.807) is 0 Å². The predicted molar refractivity (Wildman–Crippen MR) is 91.8 cm³/mol. The molecule has 0 spiro atoms. The SMILES string of the molecule is COC(=O)/C=C/[C@H](C)[C@@H](O[Si](C)(C)C(C)(C)C)C(C)(C)C. The molecule has 21 heavy (non-hydrogen) atoms. The lowest BCUT2D eigenvalue weighted by molar-refractivity contribution is -0.134. The van der Waals surface area contributed by atoms with Crippen molar-refractivity contribution >= 4 is 14.3 Å². The van der Waals surface area contributed by atoms with E-state index in [2.05, 4.69) is 66.3 Å². The van der Waals surface area contributed by atoms with Crippen LogP contribution in [0.4, 0.5) is 0 Å². The lowest BCUT2D eigenvalue weighted by Crippen LogP contribution is -2.49. The molecular weight excluding hydrogens is 280 g/mol. The predicted octanol–water partition coefficient (Wildman–Crippen LogP) is 4.79. The van der Waals surface area contributed by atoms with Crippen LogP contribution in [-0.2, 0) is 14.0 Å². The summed E-state index contributed by atoms with van der Waals surface area (Å²) in [5.41, 5.74) is 0.00932. The Morgan fingerprint density at radius 2 is 1.57 bits per heavy atom. The van der Waals surface area contributed by atoms with Gasteiger partial charge < -0.3 is 9.16 Å². The van der Waals surface area contributed by atoms with Gasteiger partial charge in [0.15, 0.2) is 8.32 Å². The van der Waals surface area contributed by atoms with Crippen LogP contribution in [0.5, 0.6) is 0 Å². The van der Waals surface area contributed by atoms with E-state index < -0.39 is 8.32 Å². The van der Waals surface area contributed by atoms with Crippen molar-refractivity contribution < 1.29 is 14.0 Å². The van der Waals surface area contributed by atoms with Crippen LogP contribution in [0.1, 0.15) is 48.5 Å². The van der Waals surface area contributed by atoms with Gasteiger partial charge in [-0.2, -0.15) is 0 Å². The van der Waals surface area contributed by atoms with Crippen LogP contribution < -0.4 is 0 Å². The van der Waals surface area contributed by atoms with Gasteiger partial charge in [0.25, 0.3) is 0 Å². The van der Waals surface area contributed by atoms with Crippen LogP contribution >= 0.6 is 0 Å². The first kappa shape index (κ1) is 20.4. The highest BCUT2D eigenvalue weighted by Gasteiger charge is 2.42. The molecule has 4 heteroatoms. The molecule has 3 nitrogen and oxygen atoms in total. The van der Waals surface area contributed by atoms with Gasteiger partial charge >= 0.3 is 5.97 Å². The molecule has 0 bridgehead atoms. The van der Waals surface area contributed by atoms with Crippen molar-refractivity contribution in [1.82, 2.24) is 0 Å². The Bertz CT molecular complexity index is 372. The Kier molecular flexibility index (Phi) is 6.89. The van der Waals surface area contributed by atoms with Gasteiger partial charge in [0, 0.05) is 12.0 Å². The molecule has 0 aliphatic heterocycles. The van der Waals surface area contributed by atoms with Gasteiger partial charge in [0.2, 0.25) is 0 Å². The lowest BCUT2D eigenvalue weighted by atomic mass is 9.82. The number of rotatable bonds is 5. The fraction of sp³-hybridized carbons (Fsp3) is 0.824. The van der Waals surface area contributed by atoms with Crippen LogP contribution in [0.15, 0.2) is 12.2 Å². The van der Waals surface area contributed by atoms with Gasteiger partial charge in [0.1, 0.15) is 0 Å². The van der Waals surface area contributed by atoms with E-state index in [-0.39, 0.29) is 28.4 Å². The molecule has 0 saturated carbocycles. The minimum Gasteiger partial charge on any atom is -0.466 e. The summed E-state index contributed by atoms with van der Waals surface area (Å²) in [6.45, 7) is 19.9. The number of carbonyl (C=O) groups excluding carboxylic acids is 1. The van der Waals surface area contributed by atoms with Gasteiger partial charge in [-0.25, -0.2) is 4.79 Å². The second-order valence-electron chi connectivity index (χ2n) is 8.41. The topological polar surface area (TPSA) is 35.5 Å². The first-order chi connectivity index (χ1) is 9.22. The normalized spacial score (nSPS) is 16.9. The minimum absolute atomic E-state index is 0.00932. The highest BCUT2D eigenvalue weighted by molar-refractivity contribution is 6.74. The Morgan fingerprint density at radius 1 is 1.10 bits per heavy atom. The highest BCUT2D eigenvalue weighted by atomic mass is 28.4. The maximum absolute atomic E-state index is 11.3. The number of esters is 1. The number of hydrogen-bond acceptors (Lipinski definition) is 3. The minimum atomic E-state index is -1.86. The second kappa shape index (κ2) is 7.10. The third-order valence-electron chi connectivity index (χ3n) is 4.30. The molecule has 0 heterocycles. The number of methoxy groups -OCH3 is 1. The number of hydrogen-bond donors (Lipinski definition) is 0. The molecule has 0 aromatic carbocycles. The smallest absolute Gasteiger partial charge is 0.330 e. The molecule has 0 amide bonds. The fourth-order valence-corrected chi connectivity index (χ4v) is 3.52. The zero-order valence-corrected chi connectivity index (χ0v) is 16.5. The average Bonchev–Trinajstić information content (AvgIpc) is 2.29. The van der Waals surface area contributed by atoms with E-state index in [0.717, 1.165) is 0 Å². The van der Waals surface area contributed by atoms with E-state index >= 15 is 0 Å². The molecule has 0 N–H and O–H groups in total. The third-order valence-corrected chi connectivity index (χ3v) is 8.75. The summed E-state index contributed by atoms with van der Waals surface area (Å²) in [4.78, 5) is 11.3. The van der Waals surface area contributed by atoms with Crippen molar-refractivity contribution in [2.45, 2.75) is 72.7 Å². The first-order valence-electron chi connectivity index (χ1n) is 7.66. The van der Waals surface area contributed by atoms with Gasteiger partial charge in [0.05, 0.1) is 13.2 Å². The van der Waals surface area contributed by atoms with Crippen molar-refractivity contribution in [2.24, 2.45) is 11.3 Å². The molecule has 124 valence electrons.